The number of primary amides is 1. The first-order valence-electron chi connectivity index (χ1n) is 16.0. The van der Waals surface area contributed by atoms with Crippen molar-refractivity contribution in [1.82, 2.24) is 10.6 Å². The molecule has 0 bridgehead atoms. The van der Waals surface area contributed by atoms with E-state index in [9.17, 15) is 19.5 Å². The Morgan fingerprint density at radius 2 is 1.62 bits per heavy atom. The summed E-state index contributed by atoms with van der Waals surface area (Å²) in [6.07, 6.45) is 0.288. The lowest BCUT2D eigenvalue weighted by Gasteiger charge is -2.33. The molecule has 11 heteroatoms. The molecule has 0 fully saturated rings. The van der Waals surface area contributed by atoms with Gasteiger partial charge in [-0.25, -0.2) is 4.79 Å². The number of rotatable bonds is 20. The number of carbonyl (C=O) groups is 3. The van der Waals surface area contributed by atoms with Crippen LogP contribution in [0.2, 0.25) is 0 Å². The van der Waals surface area contributed by atoms with E-state index in [1.165, 1.54) is 0 Å². The molecule has 0 aliphatic carbocycles. The Hall–Kier alpha value is -3.05. The third-order valence-electron chi connectivity index (χ3n) is 7.85. The van der Waals surface area contributed by atoms with E-state index in [1.54, 1.807) is 41.9 Å². The van der Waals surface area contributed by atoms with E-state index in [1.807, 2.05) is 32.0 Å². The molecule has 0 aliphatic rings. The summed E-state index contributed by atoms with van der Waals surface area (Å²) in [6, 6.07) is 5.16. The molecule has 0 saturated heterocycles. The number of alkyl carbamates (subject to hydrolysis) is 1. The van der Waals surface area contributed by atoms with Crippen LogP contribution in [0.4, 0.5) is 4.79 Å². The van der Waals surface area contributed by atoms with Crippen molar-refractivity contribution in [1.29, 1.82) is 0 Å². The fraction of sp³-hybridized carbons (Fsp3) is 0.735. The molecule has 11 nitrogen and oxygen atoms in total. The van der Waals surface area contributed by atoms with E-state index in [-0.39, 0.29) is 36.6 Å². The summed E-state index contributed by atoms with van der Waals surface area (Å²) in [6.45, 7) is 16.2. The number of carbonyl (C=O) groups excluding carboxylic acids is 3. The summed E-state index contributed by atoms with van der Waals surface area (Å²) in [7, 11) is 3.26. The Kier molecular flexibility index (Phi) is 17.3. The minimum absolute atomic E-state index is 0.0528. The number of nitrogens with two attached hydrogens (primary N) is 1. The quantitative estimate of drug-likeness (QED) is 0.153. The second-order valence-corrected chi connectivity index (χ2v) is 13.6. The number of ether oxygens (including phenoxy) is 4. The Morgan fingerprint density at radius 1 is 0.956 bits per heavy atom. The number of methoxy groups -OCH3 is 2. The normalized spacial score (nSPS) is 15.1. The maximum absolute atomic E-state index is 13.1. The molecule has 45 heavy (non-hydrogen) atoms. The highest BCUT2D eigenvalue weighted by Gasteiger charge is 2.33. The molecule has 0 unspecified atom stereocenters. The van der Waals surface area contributed by atoms with Crippen molar-refractivity contribution in [2.45, 2.75) is 98.8 Å². The lowest BCUT2D eigenvalue weighted by atomic mass is 9.80. The van der Waals surface area contributed by atoms with Gasteiger partial charge in [0.25, 0.3) is 0 Å². The Morgan fingerprint density at radius 3 is 2.16 bits per heavy atom. The lowest BCUT2D eigenvalue weighted by molar-refractivity contribution is -0.128. The summed E-state index contributed by atoms with van der Waals surface area (Å²) in [5.41, 5.74) is 5.66. The van der Waals surface area contributed by atoms with Crippen LogP contribution in [0.25, 0.3) is 0 Å². The van der Waals surface area contributed by atoms with Crippen molar-refractivity contribution < 1.29 is 38.4 Å². The minimum Gasteiger partial charge on any atom is -0.493 e. The molecule has 258 valence electrons. The molecule has 0 aliphatic heterocycles. The summed E-state index contributed by atoms with van der Waals surface area (Å²) in [5, 5.41) is 17.3. The van der Waals surface area contributed by atoms with Crippen LogP contribution in [0.5, 0.6) is 11.5 Å². The Labute approximate surface area is 270 Å². The molecular weight excluding hydrogens is 578 g/mol. The predicted molar refractivity (Wildman–Crippen MR) is 175 cm³/mol. The zero-order valence-corrected chi connectivity index (χ0v) is 29.1. The van der Waals surface area contributed by atoms with Gasteiger partial charge >= 0.3 is 6.09 Å². The molecule has 0 heterocycles. The standard InChI is InChI=1S/C34H59N3O8/c1-21(2)25(16-24-12-13-29(43-10)30(17-24)44-15-11-14-42-9)18-27(37-33(41)45-34(6,7)8)28(38)19-26(22(3)4)32(40)36-20-23(5)31(35)39/h12-13,17,21-23,25-28,38H,11,14-16,18-20H2,1-10H3,(H2,35,39)(H,36,40)(H,37,41)/t23-,25-,26-,27-,28-/m0/s1. The van der Waals surface area contributed by atoms with Crippen molar-refractivity contribution in [3.05, 3.63) is 23.8 Å². The molecule has 3 amide bonds. The molecular formula is C34H59N3O8. The first kappa shape index (κ1) is 40.0. The molecule has 0 spiro atoms. The van der Waals surface area contributed by atoms with Crippen molar-refractivity contribution >= 4 is 17.9 Å². The predicted octanol–water partition coefficient (Wildman–Crippen LogP) is 4.47. The summed E-state index contributed by atoms with van der Waals surface area (Å²) in [4.78, 5) is 37.5. The second kappa shape index (κ2) is 19.5. The maximum atomic E-state index is 13.1. The van der Waals surface area contributed by atoms with Crippen LogP contribution in [0, 0.1) is 29.6 Å². The van der Waals surface area contributed by atoms with Crippen LogP contribution in [0.3, 0.4) is 0 Å². The van der Waals surface area contributed by atoms with Crippen molar-refractivity contribution in [2.24, 2.45) is 35.3 Å². The van der Waals surface area contributed by atoms with Gasteiger partial charge in [-0.15, -0.1) is 0 Å². The van der Waals surface area contributed by atoms with Gasteiger partial charge in [0.15, 0.2) is 11.5 Å². The van der Waals surface area contributed by atoms with Crippen molar-refractivity contribution in [2.75, 3.05) is 34.0 Å². The molecule has 0 saturated carbocycles. The summed E-state index contributed by atoms with van der Waals surface area (Å²) < 4.78 is 22.1. The summed E-state index contributed by atoms with van der Waals surface area (Å²) >= 11 is 0. The number of amides is 3. The van der Waals surface area contributed by atoms with Gasteiger partial charge in [-0.1, -0.05) is 40.7 Å². The first-order valence-corrected chi connectivity index (χ1v) is 16.0. The molecule has 5 N–H and O–H groups in total. The number of hydrogen-bond acceptors (Lipinski definition) is 8. The fourth-order valence-corrected chi connectivity index (χ4v) is 4.93. The topological polar surface area (TPSA) is 158 Å². The van der Waals surface area contributed by atoms with Crippen LogP contribution in [0.1, 0.15) is 80.2 Å². The highest BCUT2D eigenvalue weighted by atomic mass is 16.6. The van der Waals surface area contributed by atoms with Gasteiger partial charge in [-0.3, -0.25) is 9.59 Å². The van der Waals surface area contributed by atoms with Gasteiger partial charge in [0.2, 0.25) is 11.8 Å². The van der Waals surface area contributed by atoms with Crippen molar-refractivity contribution in [3.8, 4) is 11.5 Å². The van der Waals surface area contributed by atoms with Gasteiger partial charge < -0.3 is 40.4 Å². The van der Waals surface area contributed by atoms with Gasteiger partial charge in [0.1, 0.15) is 5.60 Å². The number of aliphatic hydroxyl groups excluding tert-OH is 1. The molecule has 0 aromatic heterocycles. The maximum Gasteiger partial charge on any atom is 0.407 e. The van der Waals surface area contributed by atoms with Crippen molar-refractivity contribution in [3.63, 3.8) is 0 Å². The zero-order chi connectivity index (χ0) is 34.3. The average Bonchev–Trinajstić information content (AvgIpc) is 2.94. The molecule has 0 radical (unpaired) electrons. The number of nitrogens with one attached hydrogen (secondary N) is 2. The molecule has 5 atom stereocenters. The highest BCUT2D eigenvalue weighted by molar-refractivity contribution is 5.81. The highest BCUT2D eigenvalue weighted by Crippen LogP contribution is 2.32. The zero-order valence-electron chi connectivity index (χ0n) is 29.1. The monoisotopic (exact) mass is 637 g/mol. The number of hydrogen-bond donors (Lipinski definition) is 4. The fourth-order valence-electron chi connectivity index (χ4n) is 4.93. The van der Waals surface area contributed by atoms with Crippen LogP contribution >= 0.6 is 0 Å². The van der Waals surface area contributed by atoms with E-state index in [4.69, 9.17) is 24.7 Å². The van der Waals surface area contributed by atoms with Gasteiger partial charge in [-0.05, 0) is 75.5 Å². The largest absolute Gasteiger partial charge is 0.493 e. The number of benzene rings is 1. The van der Waals surface area contributed by atoms with E-state index in [2.05, 4.69) is 24.5 Å². The van der Waals surface area contributed by atoms with Crippen LogP contribution < -0.4 is 25.8 Å². The molecule has 1 rings (SSSR count). The van der Waals surface area contributed by atoms with Crippen LogP contribution in [-0.4, -0.2) is 74.7 Å². The Bertz CT molecular complexity index is 1060. The van der Waals surface area contributed by atoms with Gasteiger partial charge in [0, 0.05) is 32.6 Å². The van der Waals surface area contributed by atoms with Crippen LogP contribution in [-0.2, 0) is 25.5 Å². The SMILES string of the molecule is COCCCOc1cc(C[C@@H](C[C@H](NC(=O)OC(C)(C)C)[C@@H](O)C[C@H](C(=O)NC[C@H](C)C(N)=O)C(C)C)C(C)C)ccc1OC. The smallest absolute Gasteiger partial charge is 0.407 e. The van der Waals surface area contributed by atoms with Gasteiger partial charge in [0.05, 0.1) is 31.8 Å². The average molecular weight is 638 g/mol. The van der Waals surface area contributed by atoms with Gasteiger partial charge in [-0.2, -0.15) is 0 Å². The summed E-state index contributed by atoms with van der Waals surface area (Å²) in [5.74, 6) is -0.412. The molecule has 1 aromatic rings. The molecule has 1 aromatic carbocycles. The lowest BCUT2D eigenvalue weighted by Crippen LogP contribution is -2.49. The third kappa shape index (κ3) is 15.2. The first-order chi connectivity index (χ1) is 21.0. The number of aliphatic hydroxyl groups is 1. The Balaban J connectivity index is 3.24. The second-order valence-electron chi connectivity index (χ2n) is 13.6. The van der Waals surface area contributed by atoms with Crippen LogP contribution in [0.15, 0.2) is 18.2 Å². The minimum atomic E-state index is -1.04. The van der Waals surface area contributed by atoms with E-state index < -0.39 is 41.6 Å². The van der Waals surface area contributed by atoms with E-state index >= 15 is 0 Å². The van der Waals surface area contributed by atoms with E-state index in [0.717, 1.165) is 12.0 Å². The third-order valence-corrected chi connectivity index (χ3v) is 7.85. The van der Waals surface area contributed by atoms with E-state index in [0.29, 0.717) is 37.6 Å².